The molecular weight excluding hydrogens is 302 g/mol. The zero-order valence-corrected chi connectivity index (χ0v) is 14.4. The summed E-state index contributed by atoms with van der Waals surface area (Å²) in [6.45, 7) is 6.75. The molecule has 1 N–H and O–H groups in total. The number of nitrogens with zero attached hydrogens (tertiary/aromatic N) is 5. The van der Waals surface area contributed by atoms with Crippen LogP contribution < -0.4 is 4.90 Å². The van der Waals surface area contributed by atoms with Gasteiger partial charge < -0.3 is 10.0 Å². The zero-order chi connectivity index (χ0) is 16.7. The summed E-state index contributed by atoms with van der Waals surface area (Å²) < 4.78 is 2.07. The van der Waals surface area contributed by atoms with E-state index in [1.807, 2.05) is 6.92 Å². The molecule has 1 atom stereocenters. The normalized spacial score (nSPS) is 19.0. The fourth-order valence-electron chi connectivity index (χ4n) is 3.41. The first kappa shape index (κ1) is 15.6. The van der Waals surface area contributed by atoms with Gasteiger partial charge in [0.2, 0.25) is 0 Å². The molecule has 0 amide bonds. The average molecular weight is 327 g/mol. The van der Waals surface area contributed by atoms with E-state index in [9.17, 15) is 5.11 Å². The molecule has 0 aromatic carbocycles. The van der Waals surface area contributed by atoms with Crippen molar-refractivity contribution >= 4 is 5.82 Å². The molecule has 0 unspecified atom stereocenters. The Morgan fingerprint density at radius 2 is 2.08 bits per heavy atom. The SMILES string of the molecule is CCc1nc(C)cc(N2CCCn3nc([C@H](O)C4CC4)cc3C2)n1. The van der Waals surface area contributed by atoms with E-state index in [2.05, 4.69) is 38.7 Å². The minimum atomic E-state index is -0.397. The van der Waals surface area contributed by atoms with Crippen LogP contribution in [0.3, 0.4) is 0 Å². The second-order valence-corrected chi connectivity index (χ2v) is 6.98. The van der Waals surface area contributed by atoms with Crippen molar-refractivity contribution in [2.24, 2.45) is 5.92 Å². The van der Waals surface area contributed by atoms with Gasteiger partial charge in [-0.3, -0.25) is 4.68 Å². The molecule has 1 aliphatic carbocycles. The molecule has 6 nitrogen and oxygen atoms in total. The molecule has 1 saturated carbocycles. The van der Waals surface area contributed by atoms with Gasteiger partial charge in [0.15, 0.2) is 0 Å². The summed E-state index contributed by atoms with van der Waals surface area (Å²) in [4.78, 5) is 11.5. The third kappa shape index (κ3) is 3.02. The highest BCUT2D eigenvalue weighted by atomic mass is 16.3. The molecule has 6 heteroatoms. The Hall–Kier alpha value is -1.95. The van der Waals surface area contributed by atoms with Crippen LogP contribution in [0.5, 0.6) is 0 Å². The van der Waals surface area contributed by atoms with Crippen LogP contribution in [0, 0.1) is 12.8 Å². The number of hydrogen-bond donors (Lipinski definition) is 1. The first-order valence-corrected chi connectivity index (χ1v) is 8.98. The quantitative estimate of drug-likeness (QED) is 0.934. The monoisotopic (exact) mass is 327 g/mol. The molecule has 24 heavy (non-hydrogen) atoms. The molecular formula is C18H25N5O. The summed E-state index contributed by atoms with van der Waals surface area (Å²) in [6.07, 6.45) is 3.72. The van der Waals surface area contributed by atoms with Crippen molar-refractivity contribution in [2.75, 3.05) is 11.4 Å². The van der Waals surface area contributed by atoms with Gasteiger partial charge in [-0.05, 0) is 38.2 Å². The zero-order valence-electron chi connectivity index (χ0n) is 14.4. The van der Waals surface area contributed by atoms with E-state index in [0.29, 0.717) is 5.92 Å². The van der Waals surface area contributed by atoms with Crippen molar-refractivity contribution in [1.29, 1.82) is 0 Å². The van der Waals surface area contributed by atoms with Crippen LogP contribution in [0.15, 0.2) is 12.1 Å². The topological polar surface area (TPSA) is 67.1 Å². The second-order valence-electron chi connectivity index (χ2n) is 6.98. The Kier molecular flexibility index (Phi) is 4.00. The van der Waals surface area contributed by atoms with Gasteiger partial charge in [0, 0.05) is 31.3 Å². The minimum Gasteiger partial charge on any atom is -0.386 e. The van der Waals surface area contributed by atoms with Gasteiger partial charge in [0.05, 0.1) is 17.9 Å². The lowest BCUT2D eigenvalue weighted by molar-refractivity contribution is 0.148. The van der Waals surface area contributed by atoms with Crippen molar-refractivity contribution in [3.63, 3.8) is 0 Å². The summed E-state index contributed by atoms with van der Waals surface area (Å²) in [5, 5.41) is 15.0. The van der Waals surface area contributed by atoms with Crippen LogP contribution >= 0.6 is 0 Å². The highest BCUT2D eigenvalue weighted by Gasteiger charge is 2.33. The van der Waals surface area contributed by atoms with Gasteiger partial charge in [0.25, 0.3) is 0 Å². The maximum atomic E-state index is 10.4. The molecule has 4 rings (SSSR count). The molecule has 0 bridgehead atoms. The maximum Gasteiger partial charge on any atom is 0.132 e. The molecule has 2 aromatic heterocycles. The Bertz CT molecular complexity index is 737. The van der Waals surface area contributed by atoms with Crippen LogP contribution in [-0.4, -0.2) is 31.4 Å². The standard InChI is InChI=1S/C18H25N5O/c1-3-16-19-12(2)9-17(20-16)22-7-4-8-23-14(11-22)10-15(21-23)18(24)13-5-6-13/h9-10,13,18,24H,3-8,11H2,1-2H3/t18-/m1/s1. The van der Waals surface area contributed by atoms with Crippen LogP contribution in [-0.2, 0) is 19.5 Å². The molecule has 0 radical (unpaired) electrons. The number of hydrogen-bond acceptors (Lipinski definition) is 5. The Morgan fingerprint density at radius 3 is 2.83 bits per heavy atom. The summed E-state index contributed by atoms with van der Waals surface area (Å²) in [7, 11) is 0. The molecule has 2 aliphatic rings. The number of anilines is 1. The van der Waals surface area contributed by atoms with E-state index in [1.165, 1.54) is 0 Å². The van der Waals surface area contributed by atoms with Crippen molar-refractivity contribution in [3.05, 3.63) is 35.0 Å². The first-order chi connectivity index (χ1) is 11.6. The molecule has 2 aromatic rings. The Morgan fingerprint density at radius 1 is 1.25 bits per heavy atom. The van der Waals surface area contributed by atoms with E-state index in [-0.39, 0.29) is 0 Å². The van der Waals surface area contributed by atoms with Gasteiger partial charge in [0.1, 0.15) is 17.7 Å². The smallest absolute Gasteiger partial charge is 0.132 e. The van der Waals surface area contributed by atoms with Gasteiger partial charge in [-0.1, -0.05) is 6.92 Å². The minimum absolute atomic E-state index is 0.397. The van der Waals surface area contributed by atoms with Gasteiger partial charge >= 0.3 is 0 Å². The lowest BCUT2D eigenvalue weighted by atomic mass is 10.1. The number of aryl methyl sites for hydroxylation is 3. The number of rotatable bonds is 4. The Labute approximate surface area is 142 Å². The highest BCUT2D eigenvalue weighted by Crippen LogP contribution is 2.40. The first-order valence-electron chi connectivity index (χ1n) is 8.98. The fraction of sp³-hybridized carbons (Fsp3) is 0.611. The molecule has 3 heterocycles. The van der Waals surface area contributed by atoms with E-state index in [4.69, 9.17) is 4.98 Å². The van der Waals surface area contributed by atoms with E-state index < -0.39 is 6.10 Å². The lowest BCUT2D eigenvalue weighted by Crippen LogP contribution is -2.24. The molecule has 0 spiro atoms. The summed E-state index contributed by atoms with van der Waals surface area (Å²) >= 11 is 0. The molecule has 1 fully saturated rings. The molecule has 128 valence electrons. The van der Waals surface area contributed by atoms with Crippen molar-refractivity contribution < 1.29 is 5.11 Å². The van der Waals surface area contributed by atoms with E-state index in [1.54, 1.807) is 0 Å². The third-order valence-electron chi connectivity index (χ3n) is 4.93. The van der Waals surface area contributed by atoms with Gasteiger partial charge in [-0.25, -0.2) is 9.97 Å². The fourth-order valence-corrected chi connectivity index (χ4v) is 3.41. The number of aromatic nitrogens is 4. The lowest BCUT2D eigenvalue weighted by Gasteiger charge is -2.21. The highest BCUT2D eigenvalue weighted by molar-refractivity contribution is 5.41. The average Bonchev–Trinajstić information content (AvgIpc) is 3.37. The van der Waals surface area contributed by atoms with Crippen molar-refractivity contribution in [3.8, 4) is 0 Å². The number of aliphatic hydroxyl groups is 1. The summed E-state index contributed by atoms with van der Waals surface area (Å²) in [5.41, 5.74) is 3.01. The van der Waals surface area contributed by atoms with Crippen LogP contribution in [0.2, 0.25) is 0 Å². The predicted octanol–water partition coefficient (Wildman–Crippen LogP) is 2.40. The van der Waals surface area contributed by atoms with Gasteiger partial charge in [-0.15, -0.1) is 0 Å². The number of fused-ring (bicyclic) bond motifs is 1. The van der Waals surface area contributed by atoms with E-state index >= 15 is 0 Å². The molecule has 1 aliphatic heterocycles. The molecule has 0 saturated heterocycles. The van der Waals surface area contributed by atoms with Crippen LogP contribution in [0.25, 0.3) is 0 Å². The van der Waals surface area contributed by atoms with Gasteiger partial charge in [-0.2, -0.15) is 5.10 Å². The summed E-state index contributed by atoms with van der Waals surface area (Å²) in [5.74, 6) is 2.31. The van der Waals surface area contributed by atoms with Crippen molar-refractivity contribution in [2.45, 2.75) is 58.7 Å². The maximum absolute atomic E-state index is 10.4. The third-order valence-corrected chi connectivity index (χ3v) is 4.93. The predicted molar refractivity (Wildman–Crippen MR) is 91.7 cm³/mol. The van der Waals surface area contributed by atoms with Crippen LogP contribution in [0.1, 0.15) is 55.2 Å². The Balaban J connectivity index is 1.60. The van der Waals surface area contributed by atoms with Crippen LogP contribution in [0.4, 0.5) is 5.82 Å². The van der Waals surface area contributed by atoms with Crippen molar-refractivity contribution in [1.82, 2.24) is 19.7 Å². The van der Waals surface area contributed by atoms with E-state index in [0.717, 1.165) is 74.0 Å². The number of aliphatic hydroxyl groups excluding tert-OH is 1. The largest absolute Gasteiger partial charge is 0.386 e. The second kappa shape index (κ2) is 6.16. The summed E-state index contributed by atoms with van der Waals surface area (Å²) in [6, 6.07) is 4.14.